The smallest absolute Gasteiger partial charge is 0.292 e. The van der Waals surface area contributed by atoms with Crippen LogP contribution in [0.3, 0.4) is 0 Å². The number of hydrogen-bond acceptors (Lipinski definition) is 3. The van der Waals surface area contributed by atoms with Crippen LogP contribution in [0.1, 0.15) is 5.69 Å². The Kier molecular flexibility index (Phi) is 4.05. The van der Waals surface area contributed by atoms with E-state index in [0.717, 1.165) is 7.05 Å². The monoisotopic (exact) mass is 357 g/mol. The second-order valence-corrected chi connectivity index (χ2v) is 4.87. The second kappa shape index (κ2) is 5.40. The first kappa shape index (κ1) is 16.5. The first-order valence-corrected chi connectivity index (χ1v) is 6.22. The van der Waals surface area contributed by atoms with Gasteiger partial charge in [0, 0.05) is 13.1 Å². The molecule has 22 heavy (non-hydrogen) atoms. The minimum atomic E-state index is -4.92. The Morgan fingerprint density at radius 3 is 2.32 bits per heavy atom. The van der Waals surface area contributed by atoms with Crippen molar-refractivity contribution in [2.24, 2.45) is 7.05 Å². The maximum absolute atomic E-state index is 13.8. The lowest BCUT2D eigenvalue weighted by atomic mass is 10.3. The third kappa shape index (κ3) is 2.73. The molecule has 0 N–H and O–H groups in total. The quantitative estimate of drug-likeness (QED) is 0.581. The van der Waals surface area contributed by atoms with Crippen LogP contribution in [0.5, 0.6) is 0 Å². The van der Waals surface area contributed by atoms with Crippen LogP contribution < -0.4 is 11.2 Å². The fourth-order valence-electron chi connectivity index (χ4n) is 1.68. The number of rotatable bonds is 1. The van der Waals surface area contributed by atoms with Crippen LogP contribution >= 0.6 is 23.2 Å². The summed E-state index contributed by atoms with van der Waals surface area (Å²) in [6.07, 6.45) is -4.92. The third-order valence-electron chi connectivity index (χ3n) is 2.69. The van der Waals surface area contributed by atoms with Crippen molar-refractivity contribution in [3.8, 4) is 5.82 Å². The van der Waals surface area contributed by atoms with Crippen LogP contribution in [0, 0.1) is 5.82 Å². The van der Waals surface area contributed by atoms with Crippen molar-refractivity contribution in [3.63, 3.8) is 0 Å². The molecular weight excluding hydrogens is 353 g/mol. The first-order valence-electron chi connectivity index (χ1n) is 5.46. The average Bonchev–Trinajstić information content (AvgIpc) is 2.38. The van der Waals surface area contributed by atoms with Crippen LogP contribution in [0.15, 0.2) is 21.7 Å². The van der Waals surface area contributed by atoms with Crippen molar-refractivity contribution in [2.45, 2.75) is 6.18 Å². The SMILES string of the molecule is Cn1c(C(F)(F)F)cc(=O)n(-c2nc(Cl)c(Cl)cc2F)c1=O. The normalized spacial score (nSPS) is 11.8. The molecule has 0 saturated carbocycles. The van der Waals surface area contributed by atoms with Crippen LogP contribution in [0.4, 0.5) is 17.6 Å². The molecule has 2 rings (SSSR count). The molecule has 118 valence electrons. The van der Waals surface area contributed by atoms with Crippen LogP contribution in [-0.4, -0.2) is 14.1 Å². The number of hydrogen-bond donors (Lipinski definition) is 0. The van der Waals surface area contributed by atoms with E-state index in [1.165, 1.54) is 0 Å². The highest BCUT2D eigenvalue weighted by Crippen LogP contribution is 2.27. The van der Waals surface area contributed by atoms with Gasteiger partial charge in [0.25, 0.3) is 5.56 Å². The largest absolute Gasteiger partial charge is 0.431 e. The first-order chi connectivity index (χ1) is 10.0. The molecule has 0 atom stereocenters. The maximum atomic E-state index is 13.8. The van der Waals surface area contributed by atoms with E-state index in [-0.39, 0.29) is 20.2 Å². The predicted molar refractivity (Wildman–Crippen MR) is 70.1 cm³/mol. The zero-order valence-electron chi connectivity index (χ0n) is 10.6. The molecule has 5 nitrogen and oxygen atoms in total. The molecule has 2 aromatic heterocycles. The van der Waals surface area contributed by atoms with Gasteiger partial charge in [-0.15, -0.1) is 0 Å². The van der Waals surface area contributed by atoms with Crippen molar-refractivity contribution in [3.05, 3.63) is 54.7 Å². The van der Waals surface area contributed by atoms with Crippen LogP contribution in [0.2, 0.25) is 10.2 Å². The van der Waals surface area contributed by atoms with E-state index in [9.17, 15) is 27.2 Å². The third-order valence-corrected chi connectivity index (χ3v) is 3.36. The van der Waals surface area contributed by atoms with Crippen molar-refractivity contribution >= 4 is 23.2 Å². The molecule has 0 aliphatic heterocycles. The van der Waals surface area contributed by atoms with Crippen molar-refractivity contribution in [2.75, 3.05) is 0 Å². The van der Waals surface area contributed by atoms with Gasteiger partial charge in [0.2, 0.25) is 0 Å². The highest BCUT2D eigenvalue weighted by Gasteiger charge is 2.35. The Morgan fingerprint density at radius 1 is 1.18 bits per heavy atom. The summed E-state index contributed by atoms with van der Waals surface area (Å²) < 4.78 is 52.2. The number of pyridine rings is 1. The summed E-state index contributed by atoms with van der Waals surface area (Å²) in [6, 6.07) is 0.848. The Hall–Kier alpha value is -1.87. The minimum absolute atomic E-state index is 0.132. The molecule has 0 amide bonds. The molecule has 0 aliphatic carbocycles. The van der Waals surface area contributed by atoms with Crippen molar-refractivity contribution in [1.82, 2.24) is 14.1 Å². The fourth-order valence-corrected chi connectivity index (χ4v) is 1.96. The van der Waals surface area contributed by atoms with Crippen molar-refractivity contribution in [1.29, 1.82) is 0 Å². The zero-order chi connectivity index (χ0) is 16.8. The van der Waals surface area contributed by atoms with Gasteiger partial charge >= 0.3 is 11.9 Å². The molecule has 0 saturated heterocycles. The lowest BCUT2D eigenvalue weighted by molar-refractivity contribution is -0.144. The Labute approximate surface area is 129 Å². The van der Waals surface area contributed by atoms with Gasteiger partial charge in [-0.2, -0.15) is 13.2 Å². The van der Waals surface area contributed by atoms with Crippen LogP contribution in [-0.2, 0) is 13.2 Å². The standard InChI is InChI=1S/C11H5Cl2F4N3O2/c1-19-6(11(15,16)17)3-7(21)20(10(19)22)9-5(14)2-4(12)8(13)18-9/h2-3H,1H3. The topological polar surface area (TPSA) is 56.9 Å². The minimum Gasteiger partial charge on any atom is -0.292 e. The summed E-state index contributed by atoms with van der Waals surface area (Å²) in [5.41, 5.74) is -4.30. The Morgan fingerprint density at radius 2 is 1.77 bits per heavy atom. The summed E-state index contributed by atoms with van der Waals surface area (Å²) >= 11 is 11.1. The maximum Gasteiger partial charge on any atom is 0.431 e. The second-order valence-electron chi connectivity index (χ2n) is 4.11. The lowest BCUT2D eigenvalue weighted by Gasteiger charge is -2.14. The summed E-state index contributed by atoms with van der Waals surface area (Å²) in [7, 11) is 0.788. The molecule has 2 aromatic rings. The highest BCUT2D eigenvalue weighted by atomic mass is 35.5. The molecule has 2 heterocycles. The number of halogens is 6. The van der Waals surface area contributed by atoms with E-state index in [1.807, 2.05) is 0 Å². The molecule has 0 fully saturated rings. The molecule has 0 unspecified atom stereocenters. The van der Waals surface area contributed by atoms with Gasteiger partial charge in [0.05, 0.1) is 5.02 Å². The molecule has 0 aliphatic rings. The van der Waals surface area contributed by atoms with Crippen molar-refractivity contribution < 1.29 is 17.6 Å². The van der Waals surface area contributed by atoms with E-state index in [1.54, 1.807) is 0 Å². The van der Waals surface area contributed by atoms with E-state index in [2.05, 4.69) is 4.98 Å². The summed E-state index contributed by atoms with van der Waals surface area (Å²) in [4.78, 5) is 27.1. The van der Waals surface area contributed by atoms with Gasteiger partial charge < -0.3 is 0 Å². The Balaban J connectivity index is 2.85. The zero-order valence-corrected chi connectivity index (χ0v) is 12.1. The number of alkyl halides is 3. The summed E-state index contributed by atoms with van der Waals surface area (Å²) in [5, 5.41) is -0.688. The average molecular weight is 358 g/mol. The van der Waals surface area contributed by atoms with E-state index < -0.39 is 39.9 Å². The fraction of sp³-hybridized carbons (Fsp3) is 0.182. The lowest BCUT2D eigenvalue weighted by Crippen LogP contribution is -2.41. The van der Waals surface area contributed by atoms with Gasteiger partial charge in [-0.1, -0.05) is 23.2 Å². The molecular formula is C11H5Cl2F4N3O2. The molecule has 0 radical (unpaired) electrons. The highest BCUT2D eigenvalue weighted by molar-refractivity contribution is 6.41. The van der Waals surface area contributed by atoms with E-state index in [4.69, 9.17) is 23.2 Å². The van der Waals surface area contributed by atoms with E-state index in [0.29, 0.717) is 6.07 Å². The van der Waals surface area contributed by atoms with Gasteiger partial charge in [-0.25, -0.2) is 18.7 Å². The van der Waals surface area contributed by atoms with Gasteiger partial charge in [-0.3, -0.25) is 9.36 Å². The molecule has 0 spiro atoms. The van der Waals surface area contributed by atoms with E-state index >= 15 is 0 Å². The number of aromatic nitrogens is 3. The molecule has 11 heteroatoms. The molecule has 0 bridgehead atoms. The van der Waals surface area contributed by atoms with Crippen LogP contribution in [0.25, 0.3) is 5.82 Å². The van der Waals surface area contributed by atoms with Gasteiger partial charge in [0.1, 0.15) is 10.8 Å². The number of nitrogens with zero attached hydrogens (tertiary/aromatic N) is 3. The van der Waals surface area contributed by atoms with Gasteiger partial charge in [-0.05, 0) is 6.07 Å². The summed E-state index contributed by atoms with van der Waals surface area (Å²) in [6.45, 7) is 0. The Bertz CT molecular complexity index is 873. The predicted octanol–water partition coefficient (Wildman–Crippen LogP) is 2.40. The summed E-state index contributed by atoms with van der Waals surface area (Å²) in [5.74, 6) is -2.03. The van der Waals surface area contributed by atoms with Gasteiger partial charge in [0.15, 0.2) is 11.6 Å². The molecule has 0 aromatic carbocycles.